The molecule has 24 heavy (non-hydrogen) atoms. The van der Waals surface area contributed by atoms with E-state index in [0.29, 0.717) is 6.54 Å². The third kappa shape index (κ3) is 4.79. The Hall–Kier alpha value is -0.950. The fourth-order valence-electron chi connectivity index (χ4n) is 3.45. The summed E-state index contributed by atoms with van der Waals surface area (Å²) >= 11 is 3.47. The van der Waals surface area contributed by atoms with Crippen LogP contribution in [-0.2, 0) is 16.1 Å². The number of hydrogen-bond donors (Lipinski definition) is 2. The van der Waals surface area contributed by atoms with Crippen LogP contribution in [0.4, 0.5) is 0 Å². The normalized spacial score (nSPS) is 25.8. The number of likely N-dealkylation sites (tertiary alicyclic amines) is 1. The van der Waals surface area contributed by atoms with Crippen molar-refractivity contribution in [1.29, 1.82) is 0 Å². The summed E-state index contributed by atoms with van der Waals surface area (Å²) in [5.41, 5.74) is 6.93. The van der Waals surface area contributed by atoms with Gasteiger partial charge in [-0.05, 0) is 43.4 Å². The van der Waals surface area contributed by atoms with Crippen molar-refractivity contribution < 1.29 is 9.53 Å². The van der Waals surface area contributed by atoms with E-state index in [4.69, 9.17) is 10.5 Å². The zero-order chi connectivity index (χ0) is 16.9. The number of carbonyl (C=O) groups is 1. The zero-order valence-corrected chi connectivity index (χ0v) is 15.5. The Labute approximate surface area is 152 Å². The molecule has 0 radical (unpaired) electrons. The highest BCUT2D eigenvalue weighted by atomic mass is 79.9. The second-order valence-corrected chi connectivity index (χ2v) is 7.66. The van der Waals surface area contributed by atoms with Gasteiger partial charge in [0, 0.05) is 36.7 Å². The molecule has 3 N–H and O–H groups in total. The Morgan fingerprint density at radius 1 is 1.21 bits per heavy atom. The van der Waals surface area contributed by atoms with Gasteiger partial charge in [-0.15, -0.1) is 0 Å². The summed E-state index contributed by atoms with van der Waals surface area (Å²) in [4.78, 5) is 14.7. The lowest BCUT2D eigenvalue weighted by Gasteiger charge is -2.32. The lowest BCUT2D eigenvalue weighted by Crippen LogP contribution is -2.47. The molecule has 1 amide bonds. The van der Waals surface area contributed by atoms with Crippen LogP contribution in [0.25, 0.3) is 0 Å². The zero-order valence-electron chi connectivity index (χ0n) is 13.9. The van der Waals surface area contributed by atoms with Crippen molar-refractivity contribution in [2.45, 2.75) is 50.5 Å². The van der Waals surface area contributed by atoms with Gasteiger partial charge < -0.3 is 15.8 Å². The van der Waals surface area contributed by atoms with Crippen LogP contribution in [0.15, 0.2) is 28.7 Å². The molecule has 2 saturated heterocycles. The number of nitrogens with two attached hydrogens (primary N) is 1. The van der Waals surface area contributed by atoms with E-state index in [1.807, 2.05) is 0 Å². The van der Waals surface area contributed by atoms with Crippen molar-refractivity contribution in [3.8, 4) is 0 Å². The van der Waals surface area contributed by atoms with Crippen LogP contribution < -0.4 is 11.1 Å². The van der Waals surface area contributed by atoms with Crippen molar-refractivity contribution in [3.05, 3.63) is 34.3 Å². The average Bonchev–Trinajstić information content (AvgIpc) is 3.08. The van der Waals surface area contributed by atoms with E-state index in [9.17, 15) is 4.79 Å². The van der Waals surface area contributed by atoms with Gasteiger partial charge in [0.05, 0.1) is 6.10 Å². The first-order valence-electron chi connectivity index (χ1n) is 8.76. The molecule has 0 aliphatic carbocycles. The van der Waals surface area contributed by atoms with Gasteiger partial charge in [0.25, 0.3) is 0 Å². The molecule has 2 fully saturated rings. The van der Waals surface area contributed by atoms with Crippen LogP contribution >= 0.6 is 15.9 Å². The van der Waals surface area contributed by atoms with Gasteiger partial charge in [-0.3, -0.25) is 9.69 Å². The lowest BCUT2D eigenvalue weighted by molar-refractivity contribution is -0.132. The molecule has 1 aromatic carbocycles. The molecule has 2 atom stereocenters. The third-order valence-electron chi connectivity index (χ3n) is 4.92. The van der Waals surface area contributed by atoms with Crippen molar-refractivity contribution in [1.82, 2.24) is 10.2 Å². The number of carbonyl (C=O) groups excluding carboxylic acids is 1. The molecule has 2 heterocycles. The van der Waals surface area contributed by atoms with E-state index in [1.165, 1.54) is 5.56 Å². The highest BCUT2D eigenvalue weighted by Gasteiger charge is 2.31. The SMILES string of the molecule is NC[C@H]1CC[C@@H](C(=O)NC2CCN(Cc3ccc(Br)cc3)CC2)O1. The second-order valence-electron chi connectivity index (χ2n) is 6.75. The molecule has 0 spiro atoms. The third-order valence-corrected chi connectivity index (χ3v) is 5.44. The van der Waals surface area contributed by atoms with E-state index in [0.717, 1.165) is 49.8 Å². The maximum Gasteiger partial charge on any atom is 0.249 e. The van der Waals surface area contributed by atoms with Gasteiger partial charge in [-0.25, -0.2) is 0 Å². The summed E-state index contributed by atoms with van der Waals surface area (Å²) in [7, 11) is 0. The molecular weight excluding hydrogens is 370 g/mol. The maximum absolute atomic E-state index is 12.3. The number of rotatable bonds is 5. The molecule has 0 aromatic heterocycles. The Balaban J connectivity index is 1.40. The molecule has 0 unspecified atom stereocenters. The molecule has 0 saturated carbocycles. The first-order chi connectivity index (χ1) is 11.6. The second kappa shape index (κ2) is 8.43. The lowest BCUT2D eigenvalue weighted by atomic mass is 10.0. The Bertz CT molecular complexity index is 544. The number of benzene rings is 1. The predicted octanol–water partition coefficient (Wildman–Crippen LogP) is 2.04. The molecule has 5 nitrogen and oxygen atoms in total. The van der Waals surface area contributed by atoms with Gasteiger partial charge in [0.15, 0.2) is 0 Å². The molecule has 132 valence electrons. The summed E-state index contributed by atoms with van der Waals surface area (Å²) < 4.78 is 6.78. The minimum absolute atomic E-state index is 0.0392. The van der Waals surface area contributed by atoms with Gasteiger partial charge in [-0.1, -0.05) is 28.1 Å². The largest absolute Gasteiger partial charge is 0.364 e. The molecule has 2 aliphatic heterocycles. The molecule has 1 aromatic rings. The summed E-state index contributed by atoms with van der Waals surface area (Å²) in [5.74, 6) is 0.0392. The minimum Gasteiger partial charge on any atom is -0.364 e. The van der Waals surface area contributed by atoms with Crippen molar-refractivity contribution in [2.75, 3.05) is 19.6 Å². The van der Waals surface area contributed by atoms with Crippen molar-refractivity contribution in [2.24, 2.45) is 5.73 Å². The Morgan fingerprint density at radius 2 is 1.92 bits per heavy atom. The van der Waals surface area contributed by atoms with Gasteiger partial charge in [0.2, 0.25) is 5.91 Å². The summed E-state index contributed by atoms with van der Waals surface area (Å²) in [6.45, 7) is 3.49. The monoisotopic (exact) mass is 395 g/mol. The number of nitrogens with zero attached hydrogens (tertiary/aromatic N) is 1. The standard InChI is InChI=1S/C18H26BrN3O2/c19-14-3-1-13(2-4-14)12-22-9-7-15(8-10-22)21-18(23)17-6-5-16(11-20)24-17/h1-4,15-17H,5-12,20H2,(H,21,23)/t16-,17+/m1/s1. The fraction of sp³-hybridized carbons (Fsp3) is 0.611. The van der Waals surface area contributed by atoms with E-state index in [1.54, 1.807) is 0 Å². The molecule has 6 heteroatoms. The quantitative estimate of drug-likeness (QED) is 0.800. The highest BCUT2D eigenvalue weighted by molar-refractivity contribution is 9.10. The number of nitrogens with one attached hydrogen (secondary N) is 1. The smallest absolute Gasteiger partial charge is 0.249 e. The minimum atomic E-state index is -0.306. The number of amides is 1. The maximum atomic E-state index is 12.3. The van der Waals surface area contributed by atoms with Gasteiger partial charge in [0.1, 0.15) is 6.10 Å². The molecule has 2 aliphatic rings. The highest BCUT2D eigenvalue weighted by Crippen LogP contribution is 2.20. The van der Waals surface area contributed by atoms with E-state index >= 15 is 0 Å². The Morgan fingerprint density at radius 3 is 2.54 bits per heavy atom. The van der Waals surface area contributed by atoms with Crippen LogP contribution in [0.2, 0.25) is 0 Å². The summed E-state index contributed by atoms with van der Waals surface area (Å²) in [5, 5.41) is 3.16. The summed E-state index contributed by atoms with van der Waals surface area (Å²) in [6, 6.07) is 8.74. The van der Waals surface area contributed by atoms with E-state index in [-0.39, 0.29) is 24.2 Å². The van der Waals surface area contributed by atoms with E-state index < -0.39 is 0 Å². The van der Waals surface area contributed by atoms with Crippen LogP contribution in [0, 0.1) is 0 Å². The topological polar surface area (TPSA) is 67.6 Å². The van der Waals surface area contributed by atoms with Crippen LogP contribution in [0.5, 0.6) is 0 Å². The van der Waals surface area contributed by atoms with Crippen molar-refractivity contribution in [3.63, 3.8) is 0 Å². The fourth-order valence-corrected chi connectivity index (χ4v) is 3.71. The first-order valence-corrected chi connectivity index (χ1v) is 9.56. The predicted molar refractivity (Wildman–Crippen MR) is 97.5 cm³/mol. The summed E-state index contributed by atoms with van der Waals surface area (Å²) in [6.07, 6.45) is 3.41. The average molecular weight is 396 g/mol. The van der Waals surface area contributed by atoms with Crippen molar-refractivity contribution >= 4 is 21.8 Å². The molecular formula is C18H26BrN3O2. The van der Waals surface area contributed by atoms with Gasteiger partial charge in [-0.2, -0.15) is 0 Å². The number of hydrogen-bond acceptors (Lipinski definition) is 4. The van der Waals surface area contributed by atoms with Crippen LogP contribution in [0.1, 0.15) is 31.2 Å². The van der Waals surface area contributed by atoms with E-state index in [2.05, 4.69) is 50.4 Å². The molecule has 3 rings (SSSR count). The number of halogens is 1. The van der Waals surface area contributed by atoms with Gasteiger partial charge >= 0.3 is 0 Å². The number of piperidine rings is 1. The first kappa shape index (κ1) is 17.9. The molecule has 0 bridgehead atoms. The number of ether oxygens (including phenoxy) is 1. The van der Waals surface area contributed by atoms with Crippen LogP contribution in [0.3, 0.4) is 0 Å². The van der Waals surface area contributed by atoms with Crippen LogP contribution in [-0.4, -0.2) is 48.7 Å². The Kier molecular flexibility index (Phi) is 6.27.